The summed E-state index contributed by atoms with van der Waals surface area (Å²) < 4.78 is 0. The molecule has 0 bridgehead atoms. The second kappa shape index (κ2) is 7.00. The van der Waals surface area contributed by atoms with Gasteiger partial charge in [-0.2, -0.15) is 0 Å². The number of hydrogen-bond donors (Lipinski definition) is 0. The topological polar surface area (TPSA) is 25.8 Å². The Labute approximate surface area is 118 Å². The highest BCUT2D eigenvalue weighted by molar-refractivity contribution is 7.11. The Morgan fingerprint density at radius 2 is 1.56 bits per heavy atom. The molecule has 0 saturated heterocycles. The molecule has 0 aliphatic rings. The standard InChI is InChI=1S/2C7H11NS/c1-5(2)7-4-8-6(3)9-7;1-5(2)7-8-4-6(3)9-7/h2*4-5H,1-3H3. The van der Waals surface area contributed by atoms with Gasteiger partial charge in [0.15, 0.2) is 0 Å². The van der Waals surface area contributed by atoms with Gasteiger partial charge in [-0.3, -0.25) is 0 Å². The molecule has 0 N–H and O–H groups in total. The minimum absolute atomic E-state index is 0.587. The van der Waals surface area contributed by atoms with Crippen LogP contribution < -0.4 is 0 Å². The molecule has 2 aromatic rings. The van der Waals surface area contributed by atoms with Gasteiger partial charge in [-0.05, 0) is 19.8 Å². The third-order valence-electron chi connectivity index (χ3n) is 2.34. The average molecular weight is 282 g/mol. The van der Waals surface area contributed by atoms with E-state index in [0.717, 1.165) is 0 Å². The van der Waals surface area contributed by atoms with Gasteiger partial charge in [0.25, 0.3) is 0 Å². The molecule has 0 unspecified atom stereocenters. The van der Waals surface area contributed by atoms with Crippen LogP contribution in [0.25, 0.3) is 0 Å². The molecule has 4 heteroatoms. The Morgan fingerprint density at radius 1 is 0.889 bits per heavy atom. The predicted octanol–water partition coefficient (Wildman–Crippen LogP) is 5.15. The van der Waals surface area contributed by atoms with E-state index < -0.39 is 0 Å². The summed E-state index contributed by atoms with van der Waals surface area (Å²) in [4.78, 5) is 11.1. The largest absolute Gasteiger partial charge is 0.250 e. The summed E-state index contributed by atoms with van der Waals surface area (Å²) in [6.07, 6.45) is 3.89. The van der Waals surface area contributed by atoms with Crippen molar-refractivity contribution in [1.82, 2.24) is 9.97 Å². The highest BCUT2D eigenvalue weighted by Crippen LogP contribution is 2.20. The van der Waals surface area contributed by atoms with Crippen LogP contribution in [-0.4, -0.2) is 9.97 Å². The summed E-state index contributed by atoms with van der Waals surface area (Å²) in [7, 11) is 0. The van der Waals surface area contributed by atoms with E-state index in [0.29, 0.717) is 11.8 Å². The molecular formula is C14H22N2S2. The van der Waals surface area contributed by atoms with Crippen LogP contribution >= 0.6 is 22.7 Å². The van der Waals surface area contributed by atoms with Crippen LogP contribution in [0.2, 0.25) is 0 Å². The first-order valence-electron chi connectivity index (χ1n) is 6.24. The highest BCUT2D eigenvalue weighted by Gasteiger charge is 2.01. The van der Waals surface area contributed by atoms with Crippen LogP contribution in [0.5, 0.6) is 0 Å². The van der Waals surface area contributed by atoms with Gasteiger partial charge in [0.2, 0.25) is 0 Å². The van der Waals surface area contributed by atoms with Crippen molar-refractivity contribution in [2.75, 3.05) is 0 Å². The van der Waals surface area contributed by atoms with Gasteiger partial charge in [-0.15, -0.1) is 22.7 Å². The smallest absolute Gasteiger partial charge is 0.0952 e. The minimum Gasteiger partial charge on any atom is -0.250 e. The molecule has 2 rings (SSSR count). The molecule has 0 radical (unpaired) electrons. The molecule has 2 heterocycles. The van der Waals surface area contributed by atoms with Crippen LogP contribution in [0.15, 0.2) is 12.4 Å². The van der Waals surface area contributed by atoms with Crippen molar-refractivity contribution < 1.29 is 0 Å². The van der Waals surface area contributed by atoms with Gasteiger partial charge in [-0.1, -0.05) is 27.7 Å². The monoisotopic (exact) mass is 282 g/mol. The Morgan fingerprint density at radius 3 is 1.78 bits per heavy atom. The zero-order valence-electron chi connectivity index (χ0n) is 12.0. The van der Waals surface area contributed by atoms with Crippen LogP contribution in [-0.2, 0) is 0 Å². The Balaban J connectivity index is 0.000000180. The SMILES string of the molecule is Cc1cnc(C(C)C)s1.Cc1ncc(C(C)C)s1. The number of rotatable bonds is 2. The molecule has 0 aliphatic heterocycles. The molecule has 0 saturated carbocycles. The molecular weight excluding hydrogens is 260 g/mol. The van der Waals surface area contributed by atoms with Gasteiger partial charge < -0.3 is 0 Å². The maximum atomic E-state index is 4.23. The molecule has 0 aromatic carbocycles. The summed E-state index contributed by atoms with van der Waals surface area (Å²) in [5, 5.41) is 2.41. The van der Waals surface area contributed by atoms with E-state index in [1.54, 1.807) is 22.7 Å². The first-order chi connectivity index (χ1) is 8.40. The van der Waals surface area contributed by atoms with Gasteiger partial charge in [-0.25, -0.2) is 9.97 Å². The van der Waals surface area contributed by atoms with Crippen LogP contribution in [0.1, 0.15) is 59.3 Å². The van der Waals surface area contributed by atoms with Gasteiger partial charge in [0.05, 0.1) is 10.0 Å². The summed E-state index contributed by atoms with van der Waals surface area (Å²) in [6.45, 7) is 12.8. The lowest BCUT2D eigenvalue weighted by atomic mass is 10.2. The molecule has 2 aromatic heterocycles. The van der Waals surface area contributed by atoms with E-state index in [-0.39, 0.29) is 0 Å². The first-order valence-corrected chi connectivity index (χ1v) is 7.88. The Kier molecular flexibility index (Phi) is 5.96. The van der Waals surface area contributed by atoms with E-state index in [1.807, 2.05) is 19.3 Å². The maximum absolute atomic E-state index is 4.23. The normalized spacial score (nSPS) is 10.7. The number of aromatic nitrogens is 2. The van der Waals surface area contributed by atoms with E-state index in [2.05, 4.69) is 44.6 Å². The molecule has 2 nitrogen and oxygen atoms in total. The van der Waals surface area contributed by atoms with Crippen molar-refractivity contribution in [3.63, 3.8) is 0 Å². The third-order valence-corrected chi connectivity index (χ3v) is 4.77. The fourth-order valence-corrected chi connectivity index (χ4v) is 2.85. The van der Waals surface area contributed by atoms with Crippen molar-refractivity contribution in [3.8, 4) is 0 Å². The van der Waals surface area contributed by atoms with E-state index in [9.17, 15) is 0 Å². The molecule has 0 amide bonds. The number of thiazole rings is 2. The van der Waals surface area contributed by atoms with Crippen molar-refractivity contribution in [1.29, 1.82) is 0 Å². The predicted molar refractivity (Wildman–Crippen MR) is 81.9 cm³/mol. The third kappa shape index (κ3) is 4.86. The Hall–Kier alpha value is -0.740. The fourth-order valence-electron chi connectivity index (χ4n) is 1.28. The summed E-state index contributed by atoms with van der Waals surface area (Å²) >= 11 is 3.57. The van der Waals surface area contributed by atoms with Crippen molar-refractivity contribution in [3.05, 3.63) is 32.2 Å². The summed E-state index contributed by atoms with van der Waals surface area (Å²) in [5.41, 5.74) is 0. The number of aryl methyl sites for hydroxylation is 2. The fraction of sp³-hybridized carbons (Fsp3) is 0.571. The van der Waals surface area contributed by atoms with E-state index >= 15 is 0 Å². The Bertz CT molecular complexity index is 425. The zero-order valence-corrected chi connectivity index (χ0v) is 13.7. The molecule has 100 valence electrons. The number of nitrogens with zero attached hydrogens (tertiary/aromatic N) is 2. The van der Waals surface area contributed by atoms with Crippen LogP contribution in [0.4, 0.5) is 0 Å². The van der Waals surface area contributed by atoms with Crippen molar-refractivity contribution >= 4 is 22.7 Å². The van der Waals surface area contributed by atoms with Gasteiger partial charge in [0, 0.05) is 28.1 Å². The second-order valence-electron chi connectivity index (χ2n) is 4.90. The average Bonchev–Trinajstić information content (AvgIpc) is 2.88. The quantitative estimate of drug-likeness (QED) is 0.761. The van der Waals surface area contributed by atoms with Gasteiger partial charge in [0.1, 0.15) is 0 Å². The lowest BCUT2D eigenvalue weighted by Crippen LogP contribution is -1.81. The highest BCUT2D eigenvalue weighted by atomic mass is 32.1. The van der Waals surface area contributed by atoms with Crippen molar-refractivity contribution in [2.45, 2.75) is 53.4 Å². The number of hydrogen-bond acceptors (Lipinski definition) is 4. The molecule has 0 aliphatic carbocycles. The molecule has 0 spiro atoms. The summed E-state index contributed by atoms with van der Waals surface area (Å²) in [5.74, 6) is 1.22. The van der Waals surface area contributed by atoms with Crippen molar-refractivity contribution in [2.24, 2.45) is 0 Å². The van der Waals surface area contributed by atoms with Gasteiger partial charge >= 0.3 is 0 Å². The molecule has 18 heavy (non-hydrogen) atoms. The van der Waals surface area contributed by atoms with E-state index in [1.165, 1.54) is 19.8 Å². The second-order valence-corrected chi connectivity index (χ2v) is 7.43. The van der Waals surface area contributed by atoms with Crippen LogP contribution in [0.3, 0.4) is 0 Å². The van der Waals surface area contributed by atoms with Crippen LogP contribution in [0, 0.1) is 13.8 Å². The first kappa shape index (κ1) is 15.3. The van der Waals surface area contributed by atoms with E-state index in [4.69, 9.17) is 0 Å². The zero-order chi connectivity index (χ0) is 13.7. The summed E-state index contributed by atoms with van der Waals surface area (Å²) in [6, 6.07) is 0. The lowest BCUT2D eigenvalue weighted by Gasteiger charge is -1.94. The minimum atomic E-state index is 0.587. The lowest BCUT2D eigenvalue weighted by molar-refractivity contribution is 0.852. The molecule has 0 atom stereocenters. The maximum Gasteiger partial charge on any atom is 0.0952 e. The molecule has 0 fully saturated rings.